The van der Waals surface area contributed by atoms with Crippen LogP contribution in [0.25, 0.3) is 5.82 Å². The zero-order chi connectivity index (χ0) is 22.3. The van der Waals surface area contributed by atoms with Crippen LogP contribution in [0.2, 0.25) is 0 Å². The van der Waals surface area contributed by atoms with Gasteiger partial charge in [0.25, 0.3) is 5.91 Å². The molecule has 0 unspecified atom stereocenters. The molecule has 9 heteroatoms. The summed E-state index contributed by atoms with van der Waals surface area (Å²) in [6.07, 6.45) is 6.73. The summed E-state index contributed by atoms with van der Waals surface area (Å²) in [4.78, 5) is 23.6. The minimum atomic E-state index is -0.160. The molecule has 4 rings (SSSR count). The van der Waals surface area contributed by atoms with Crippen molar-refractivity contribution in [2.75, 3.05) is 47.1 Å². The third-order valence-corrected chi connectivity index (χ3v) is 5.51. The van der Waals surface area contributed by atoms with Gasteiger partial charge in [-0.25, -0.2) is 9.97 Å². The number of aromatic nitrogens is 3. The van der Waals surface area contributed by atoms with E-state index in [2.05, 4.69) is 20.2 Å². The highest BCUT2D eigenvalue weighted by Crippen LogP contribution is 2.32. The van der Waals surface area contributed by atoms with Gasteiger partial charge in [-0.05, 0) is 29.8 Å². The van der Waals surface area contributed by atoms with E-state index in [9.17, 15) is 4.79 Å². The number of amides is 1. The molecule has 0 saturated carbocycles. The lowest BCUT2D eigenvalue weighted by Crippen LogP contribution is -2.43. The molecule has 168 valence electrons. The lowest BCUT2D eigenvalue weighted by Gasteiger charge is -2.35. The fourth-order valence-corrected chi connectivity index (χ4v) is 3.79. The number of pyridine rings is 1. The smallest absolute Gasteiger partial charge is 0.251 e. The Kier molecular flexibility index (Phi) is 6.98. The van der Waals surface area contributed by atoms with E-state index in [0.29, 0.717) is 42.6 Å². The Morgan fingerprint density at radius 1 is 1.12 bits per heavy atom. The molecule has 9 nitrogen and oxygen atoms in total. The van der Waals surface area contributed by atoms with Crippen molar-refractivity contribution < 1.29 is 19.0 Å². The van der Waals surface area contributed by atoms with E-state index in [1.165, 1.54) is 0 Å². The lowest BCUT2D eigenvalue weighted by atomic mass is 10.0. The molecule has 3 aromatic rings. The van der Waals surface area contributed by atoms with Crippen LogP contribution in [0, 0.1) is 0 Å². The monoisotopic (exact) mass is 437 g/mol. The second kappa shape index (κ2) is 10.3. The number of methoxy groups -OCH3 is 2. The number of nitrogens with one attached hydrogen (secondary N) is 1. The summed E-state index contributed by atoms with van der Waals surface area (Å²) < 4.78 is 18.1. The highest BCUT2D eigenvalue weighted by atomic mass is 16.5. The molecule has 1 aromatic carbocycles. The molecule has 0 aliphatic carbocycles. The maximum Gasteiger partial charge on any atom is 0.251 e. The van der Waals surface area contributed by atoms with Crippen LogP contribution in [0.5, 0.6) is 11.5 Å². The zero-order valence-electron chi connectivity index (χ0n) is 18.2. The van der Waals surface area contributed by atoms with E-state index >= 15 is 0 Å². The molecule has 1 aliphatic rings. The largest absolute Gasteiger partial charge is 0.493 e. The van der Waals surface area contributed by atoms with Crippen LogP contribution in [0.3, 0.4) is 0 Å². The number of nitrogens with zero attached hydrogens (tertiary/aromatic N) is 4. The minimum Gasteiger partial charge on any atom is -0.493 e. The van der Waals surface area contributed by atoms with E-state index in [1.54, 1.807) is 55.8 Å². The second-order valence-corrected chi connectivity index (χ2v) is 7.36. The van der Waals surface area contributed by atoms with E-state index in [4.69, 9.17) is 14.2 Å². The Morgan fingerprint density at radius 3 is 2.66 bits per heavy atom. The summed E-state index contributed by atoms with van der Waals surface area (Å²) in [5, 5.41) is 3.09. The Bertz CT molecular complexity index is 1030. The third kappa shape index (κ3) is 4.90. The van der Waals surface area contributed by atoms with E-state index < -0.39 is 0 Å². The fraction of sp³-hybridized carbons (Fsp3) is 0.348. The van der Waals surface area contributed by atoms with Crippen molar-refractivity contribution in [3.8, 4) is 17.3 Å². The molecular formula is C23H27N5O4. The Hall–Kier alpha value is -3.43. The van der Waals surface area contributed by atoms with Crippen molar-refractivity contribution in [3.05, 3.63) is 66.4 Å². The summed E-state index contributed by atoms with van der Waals surface area (Å²) in [5.74, 6) is 1.81. The first kappa shape index (κ1) is 21.8. The average Bonchev–Trinajstić information content (AvgIpc) is 3.40. The van der Waals surface area contributed by atoms with Crippen LogP contribution in [-0.4, -0.2) is 72.4 Å². The van der Waals surface area contributed by atoms with E-state index in [0.717, 1.165) is 18.7 Å². The minimum absolute atomic E-state index is 0.0300. The predicted octanol–water partition coefficient (Wildman–Crippen LogP) is 2.09. The SMILES string of the molecule is COc1ccc([C@H](CNC(=O)c2ccnc(-n3ccnc3)c2)N2CCOCC2)cc1OC. The number of benzene rings is 1. The number of hydrogen-bond donors (Lipinski definition) is 1. The summed E-state index contributed by atoms with van der Waals surface area (Å²) in [6.45, 7) is 3.34. The molecule has 1 aliphatic heterocycles. The molecule has 0 spiro atoms. The highest BCUT2D eigenvalue weighted by molar-refractivity contribution is 5.94. The number of carbonyl (C=O) groups excluding carboxylic acids is 1. The molecule has 1 atom stereocenters. The fourth-order valence-electron chi connectivity index (χ4n) is 3.79. The van der Waals surface area contributed by atoms with Crippen LogP contribution in [0.1, 0.15) is 22.0 Å². The van der Waals surface area contributed by atoms with Crippen molar-refractivity contribution in [3.63, 3.8) is 0 Å². The topological polar surface area (TPSA) is 90.7 Å². The van der Waals surface area contributed by atoms with Crippen LogP contribution < -0.4 is 14.8 Å². The van der Waals surface area contributed by atoms with Gasteiger partial charge in [0, 0.05) is 43.8 Å². The number of rotatable bonds is 8. The first-order chi connectivity index (χ1) is 15.7. The summed E-state index contributed by atoms with van der Waals surface area (Å²) >= 11 is 0. The van der Waals surface area contributed by atoms with Crippen molar-refractivity contribution >= 4 is 5.91 Å². The zero-order valence-corrected chi connectivity index (χ0v) is 18.2. The highest BCUT2D eigenvalue weighted by Gasteiger charge is 2.24. The average molecular weight is 438 g/mol. The summed E-state index contributed by atoms with van der Waals surface area (Å²) in [7, 11) is 3.23. The molecule has 32 heavy (non-hydrogen) atoms. The van der Waals surface area contributed by atoms with Gasteiger partial charge in [0.05, 0.1) is 33.5 Å². The van der Waals surface area contributed by atoms with Crippen molar-refractivity contribution in [2.24, 2.45) is 0 Å². The number of ether oxygens (including phenoxy) is 3. The van der Waals surface area contributed by atoms with Gasteiger partial charge in [-0.3, -0.25) is 14.3 Å². The van der Waals surface area contributed by atoms with Crippen LogP contribution in [-0.2, 0) is 4.74 Å². The molecule has 0 bridgehead atoms. The molecule has 1 saturated heterocycles. The van der Waals surface area contributed by atoms with Crippen LogP contribution in [0.4, 0.5) is 0 Å². The molecule has 3 heterocycles. The third-order valence-electron chi connectivity index (χ3n) is 5.51. The summed E-state index contributed by atoms with van der Waals surface area (Å²) in [5.41, 5.74) is 1.58. The van der Waals surface area contributed by atoms with Gasteiger partial charge in [0.15, 0.2) is 11.5 Å². The molecule has 0 radical (unpaired) electrons. The molecule has 2 aromatic heterocycles. The maximum atomic E-state index is 13.0. The van der Waals surface area contributed by atoms with E-state index in [-0.39, 0.29) is 11.9 Å². The van der Waals surface area contributed by atoms with Crippen LogP contribution in [0.15, 0.2) is 55.2 Å². The molecule has 1 N–H and O–H groups in total. The standard InChI is InChI=1S/C23H27N5O4/c1-30-20-4-3-17(13-21(20)31-2)19(27-9-11-32-12-10-27)15-26-23(29)18-5-6-25-22(14-18)28-8-7-24-16-28/h3-8,13-14,16,19H,9-12,15H2,1-2H3,(H,26,29)/t19-/m0/s1. The number of morpholine rings is 1. The first-order valence-electron chi connectivity index (χ1n) is 10.5. The molecular weight excluding hydrogens is 410 g/mol. The molecule has 1 fully saturated rings. The Morgan fingerprint density at radius 2 is 1.94 bits per heavy atom. The van der Waals surface area contributed by atoms with Gasteiger partial charge in [0.1, 0.15) is 12.1 Å². The number of hydrogen-bond acceptors (Lipinski definition) is 7. The quantitative estimate of drug-likeness (QED) is 0.577. The normalized spacial score (nSPS) is 15.2. The van der Waals surface area contributed by atoms with Gasteiger partial charge in [0.2, 0.25) is 0 Å². The van der Waals surface area contributed by atoms with Crippen molar-refractivity contribution in [1.29, 1.82) is 0 Å². The summed E-state index contributed by atoms with van der Waals surface area (Å²) in [6, 6.07) is 9.29. The van der Waals surface area contributed by atoms with Crippen molar-refractivity contribution in [2.45, 2.75) is 6.04 Å². The van der Waals surface area contributed by atoms with Gasteiger partial charge in [-0.1, -0.05) is 6.07 Å². The second-order valence-electron chi connectivity index (χ2n) is 7.36. The maximum absolute atomic E-state index is 13.0. The molecule has 1 amide bonds. The van der Waals surface area contributed by atoms with E-state index in [1.807, 2.05) is 18.2 Å². The Labute approximate surface area is 186 Å². The van der Waals surface area contributed by atoms with Gasteiger partial charge < -0.3 is 19.5 Å². The first-order valence-corrected chi connectivity index (χ1v) is 10.5. The van der Waals surface area contributed by atoms with Crippen molar-refractivity contribution in [1.82, 2.24) is 24.8 Å². The number of imidazole rings is 1. The number of carbonyl (C=O) groups is 1. The van der Waals surface area contributed by atoms with Gasteiger partial charge >= 0.3 is 0 Å². The Balaban J connectivity index is 1.53. The lowest BCUT2D eigenvalue weighted by molar-refractivity contribution is 0.0162. The van der Waals surface area contributed by atoms with Gasteiger partial charge in [-0.15, -0.1) is 0 Å². The predicted molar refractivity (Wildman–Crippen MR) is 118 cm³/mol. The van der Waals surface area contributed by atoms with Gasteiger partial charge in [-0.2, -0.15) is 0 Å². The van der Waals surface area contributed by atoms with Crippen LogP contribution >= 0.6 is 0 Å².